The molecule has 2 aromatic rings. The number of hydrogen-bond acceptors (Lipinski definition) is 5. The molecule has 0 aliphatic rings. The van der Waals surface area contributed by atoms with E-state index in [-0.39, 0.29) is 5.30 Å². The predicted molar refractivity (Wildman–Crippen MR) is 63.7 cm³/mol. The fraction of sp³-hybridized carbons (Fsp3) is 0.182. The lowest BCUT2D eigenvalue weighted by Crippen LogP contribution is -2.24. The zero-order valence-corrected chi connectivity index (χ0v) is 10.3. The van der Waals surface area contributed by atoms with Crippen molar-refractivity contribution in [1.29, 1.82) is 0 Å². The molecule has 0 aliphatic carbocycles. The van der Waals surface area contributed by atoms with Gasteiger partial charge in [0.25, 0.3) is 0 Å². The summed E-state index contributed by atoms with van der Waals surface area (Å²) in [6.07, 6.45) is 0. The molecule has 2 rings (SSSR count). The fourth-order valence-electron chi connectivity index (χ4n) is 1.51. The molecule has 1 heterocycles. The lowest BCUT2D eigenvalue weighted by Gasteiger charge is -2.12. The third-order valence-corrected chi connectivity index (χ3v) is 4.26. The third kappa shape index (κ3) is 2.05. The van der Waals surface area contributed by atoms with Crippen LogP contribution in [0.15, 0.2) is 39.5 Å². The molecule has 0 saturated heterocycles. The van der Waals surface area contributed by atoms with E-state index in [1.54, 1.807) is 24.3 Å². The molecule has 1 aromatic heterocycles. The Labute approximate surface area is 97.5 Å². The maximum atomic E-state index is 12.1. The fourth-order valence-corrected chi connectivity index (χ4v) is 2.62. The second-order valence-electron chi connectivity index (χ2n) is 3.32. The summed E-state index contributed by atoms with van der Waals surface area (Å²) in [5.74, 6) is 0. The Hall–Kier alpha value is -1.42. The lowest BCUT2D eigenvalue weighted by atomic mass is 10.2. The van der Waals surface area contributed by atoms with Gasteiger partial charge in [-0.05, 0) is 12.1 Å². The van der Waals surface area contributed by atoms with Gasteiger partial charge in [-0.25, -0.2) is 4.79 Å². The van der Waals surface area contributed by atoms with E-state index in [1.165, 1.54) is 20.3 Å². The van der Waals surface area contributed by atoms with Gasteiger partial charge in [-0.3, -0.25) is 4.57 Å². The highest BCUT2D eigenvalue weighted by atomic mass is 31.2. The van der Waals surface area contributed by atoms with Gasteiger partial charge in [-0.15, -0.1) is 0 Å². The Morgan fingerprint density at radius 1 is 1.18 bits per heavy atom. The van der Waals surface area contributed by atoms with Crippen LogP contribution < -0.4 is 10.9 Å². The molecule has 0 fully saturated rings. The molecule has 0 unspecified atom stereocenters. The van der Waals surface area contributed by atoms with Crippen molar-refractivity contribution in [3.63, 3.8) is 0 Å². The van der Waals surface area contributed by atoms with Crippen molar-refractivity contribution in [1.82, 2.24) is 0 Å². The molecule has 5 nitrogen and oxygen atoms in total. The molecule has 90 valence electrons. The van der Waals surface area contributed by atoms with Gasteiger partial charge < -0.3 is 13.5 Å². The second-order valence-corrected chi connectivity index (χ2v) is 5.53. The van der Waals surface area contributed by atoms with Crippen molar-refractivity contribution in [3.05, 3.63) is 40.8 Å². The van der Waals surface area contributed by atoms with Gasteiger partial charge in [-0.1, -0.05) is 18.2 Å². The first kappa shape index (κ1) is 12.0. The molecule has 1 aromatic carbocycles. The summed E-state index contributed by atoms with van der Waals surface area (Å²) >= 11 is 0. The Bertz CT molecular complexity index is 638. The maximum absolute atomic E-state index is 12.1. The van der Waals surface area contributed by atoms with E-state index in [2.05, 4.69) is 0 Å². The predicted octanol–water partition coefficient (Wildman–Crippen LogP) is 1.90. The van der Waals surface area contributed by atoms with Gasteiger partial charge >= 0.3 is 13.2 Å². The minimum atomic E-state index is -3.58. The van der Waals surface area contributed by atoms with Crippen LogP contribution in [-0.4, -0.2) is 14.2 Å². The van der Waals surface area contributed by atoms with Crippen LogP contribution in [0, 0.1) is 0 Å². The molecule has 0 N–H and O–H groups in total. The van der Waals surface area contributed by atoms with Crippen LogP contribution in [0.25, 0.3) is 11.0 Å². The molecule has 0 radical (unpaired) electrons. The van der Waals surface area contributed by atoms with Crippen LogP contribution in [0.3, 0.4) is 0 Å². The van der Waals surface area contributed by atoms with E-state index < -0.39 is 13.2 Å². The first-order valence-electron chi connectivity index (χ1n) is 4.85. The SMILES string of the molecule is COP(=O)(OC)c1cc2ccccc2oc1=O. The first-order chi connectivity index (χ1) is 8.10. The summed E-state index contributed by atoms with van der Waals surface area (Å²) in [5.41, 5.74) is -0.282. The van der Waals surface area contributed by atoms with Crippen LogP contribution >= 0.6 is 7.60 Å². The highest BCUT2D eigenvalue weighted by molar-refractivity contribution is 7.62. The van der Waals surface area contributed by atoms with Crippen LogP contribution in [0.4, 0.5) is 0 Å². The van der Waals surface area contributed by atoms with Gasteiger partial charge in [0.1, 0.15) is 5.58 Å². The van der Waals surface area contributed by atoms with Crippen molar-refractivity contribution >= 4 is 23.9 Å². The average molecular weight is 254 g/mol. The van der Waals surface area contributed by atoms with E-state index in [1.807, 2.05) is 0 Å². The highest BCUT2D eigenvalue weighted by Gasteiger charge is 2.29. The zero-order valence-electron chi connectivity index (χ0n) is 9.38. The van der Waals surface area contributed by atoms with Crippen molar-refractivity contribution in [2.75, 3.05) is 14.2 Å². The Morgan fingerprint density at radius 3 is 2.47 bits per heavy atom. The maximum Gasteiger partial charge on any atom is 0.368 e. The summed E-state index contributed by atoms with van der Waals surface area (Å²) in [6, 6.07) is 8.41. The normalized spacial score (nSPS) is 11.9. The Morgan fingerprint density at radius 2 is 1.82 bits per heavy atom. The molecule has 0 amide bonds. The van der Waals surface area contributed by atoms with Crippen molar-refractivity contribution < 1.29 is 18.0 Å². The summed E-state index contributed by atoms with van der Waals surface area (Å²) < 4.78 is 26.7. The van der Waals surface area contributed by atoms with Gasteiger partial charge in [0.05, 0.1) is 0 Å². The third-order valence-electron chi connectivity index (χ3n) is 2.40. The Kier molecular flexibility index (Phi) is 3.15. The monoisotopic (exact) mass is 254 g/mol. The zero-order chi connectivity index (χ0) is 12.5. The smallest absolute Gasteiger partial charge is 0.368 e. The first-order valence-corrected chi connectivity index (χ1v) is 6.40. The van der Waals surface area contributed by atoms with Crippen LogP contribution in [-0.2, 0) is 13.6 Å². The van der Waals surface area contributed by atoms with Crippen molar-refractivity contribution in [2.45, 2.75) is 0 Å². The quantitative estimate of drug-likeness (QED) is 0.618. The van der Waals surface area contributed by atoms with Crippen LogP contribution in [0.2, 0.25) is 0 Å². The molecular formula is C11H11O5P. The number of benzene rings is 1. The summed E-state index contributed by atoms with van der Waals surface area (Å²) in [7, 11) is -1.14. The van der Waals surface area contributed by atoms with Gasteiger partial charge in [0.15, 0.2) is 5.30 Å². The highest BCUT2D eigenvalue weighted by Crippen LogP contribution is 2.44. The second kappa shape index (κ2) is 4.45. The average Bonchev–Trinajstić information content (AvgIpc) is 2.37. The van der Waals surface area contributed by atoms with E-state index in [9.17, 15) is 9.36 Å². The van der Waals surface area contributed by atoms with Crippen molar-refractivity contribution in [3.8, 4) is 0 Å². The topological polar surface area (TPSA) is 65.7 Å². The van der Waals surface area contributed by atoms with E-state index in [0.717, 1.165) is 0 Å². The summed E-state index contributed by atoms with van der Waals surface area (Å²) in [5, 5.41) is 0.567. The van der Waals surface area contributed by atoms with E-state index in [0.29, 0.717) is 11.0 Å². The summed E-state index contributed by atoms with van der Waals surface area (Å²) in [4.78, 5) is 11.7. The number of rotatable bonds is 3. The van der Waals surface area contributed by atoms with E-state index in [4.69, 9.17) is 13.5 Å². The molecule has 6 heteroatoms. The number of para-hydroxylation sites is 1. The molecule has 0 saturated carbocycles. The molecule has 0 atom stereocenters. The molecule has 17 heavy (non-hydrogen) atoms. The van der Waals surface area contributed by atoms with Crippen LogP contribution in [0.5, 0.6) is 0 Å². The number of fused-ring (bicyclic) bond motifs is 1. The Balaban J connectivity index is 2.75. The number of hydrogen-bond donors (Lipinski definition) is 0. The standard InChI is InChI=1S/C11H11O5P/c1-14-17(13,15-2)10-7-8-5-3-4-6-9(8)16-11(10)12/h3-7H,1-2H3. The lowest BCUT2D eigenvalue weighted by molar-refractivity contribution is 0.286. The van der Waals surface area contributed by atoms with Crippen LogP contribution in [0.1, 0.15) is 0 Å². The largest absolute Gasteiger partial charge is 0.422 e. The van der Waals surface area contributed by atoms with Gasteiger partial charge in [-0.2, -0.15) is 0 Å². The van der Waals surface area contributed by atoms with E-state index >= 15 is 0 Å². The molecule has 0 bridgehead atoms. The van der Waals surface area contributed by atoms with Crippen molar-refractivity contribution in [2.24, 2.45) is 0 Å². The molecule has 0 spiro atoms. The van der Waals surface area contributed by atoms with Gasteiger partial charge in [0, 0.05) is 19.6 Å². The molecule has 0 aliphatic heterocycles. The molecular weight excluding hydrogens is 243 g/mol. The minimum Gasteiger partial charge on any atom is -0.422 e. The summed E-state index contributed by atoms with van der Waals surface area (Å²) in [6.45, 7) is 0. The van der Waals surface area contributed by atoms with Gasteiger partial charge in [0.2, 0.25) is 0 Å². The minimum absolute atomic E-state index is 0.0961.